The van der Waals surface area contributed by atoms with Crippen LogP contribution in [0.2, 0.25) is 0 Å². The zero-order valence-corrected chi connectivity index (χ0v) is 10.4. The standard InChI is InChI=1S/C14H10F3S/c1-18-11-6-4-5-10(9-11)12-7-2-3-8-13(12)14(15,16)17/h2,4-9H,1H3. The second-order valence-electron chi connectivity index (χ2n) is 3.70. The summed E-state index contributed by atoms with van der Waals surface area (Å²) in [7, 11) is 0. The minimum absolute atomic E-state index is 0.192. The molecule has 2 aromatic carbocycles. The van der Waals surface area contributed by atoms with Crippen LogP contribution in [0.3, 0.4) is 0 Å². The Morgan fingerprint density at radius 1 is 1.17 bits per heavy atom. The van der Waals surface area contributed by atoms with Gasteiger partial charge in [0.05, 0.1) is 5.56 Å². The highest BCUT2D eigenvalue weighted by Gasteiger charge is 2.33. The molecule has 0 N–H and O–H groups in total. The SMILES string of the molecule is CSc1cccc(-c2cc[c]cc2C(F)(F)F)c1. The molecule has 4 heteroatoms. The Bertz CT molecular complexity index is 547. The molecule has 0 fully saturated rings. The summed E-state index contributed by atoms with van der Waals surface area (Å²) >= 11 is 1.50. The van der Waals surface area contributed by atoms with Crippen LogP contribution in [0.25, 0.3) is 11.1 Å². The maximum Gasteiger partial charge on any atom is 0.417 e. The number of rotatable bonds is 2. The third kappa shape index (κ3) is 2.70. The molecule has 18 heavy (non-hydrogen) atoms. The van der Waals surface area contributed by atoms with Gasteiger partial charge >= 0.3 is 6.18 Å². The van der Waals surface area contributed by atoms with E-state index in [1.807, 2.05) is 12.3 Å². The van der Waals surface area contributed by atoms with Gasteiger partial charge in [-0.25, -0.2) is 0 Å². The smallest absolute Gasteiger partial charge is 0.166 e. The van der Waals surface area contributed by atoms with Crippen LogP contribution in [-0.2, 0) is 6.18 Å². The van der Waals surface area contributed by atoms with Crippen LogP contribution in [-0.4, -0.2) is 6.26 Å². The lowest BCUT2D eigenvalue weighted by molar-refractivity contribution is -0.137. The van der Waals surface area contributed by atoms with E-state index in [9.17, 15) is 13.2 Å². The van der Waals surface area contributed by atoms with E-state index in [4.69, 9.17) is 0 Å². The molecule has 0 aromatic heterocycles. The van der Waals surface area contributed by atoms with Crippen molar-refractivity contribution < 1.29 is 13.2 Å². The lowest BCUT2D eigenvalue weighted by Crippen LogP contribution is -2.06. The Morgan fingerprint density at radius 3 is 2.61 bits per heavy atom. The Morgan fingerprint density at radius 2 is 1.94 bits per heavy atom. The van der Waals surface area contributed by atoms with Crippen LogP contribution in [0.15, 0.2) is 47.4 Å². The molecule has 0 atom stereocenters. The van der Waals surface area contributed by atoms with E-state index >= 15 is 0 Å². The molecule has 0 aliphatic heterocycles. The van der Waals surface area contributed by atoms with Gasteiger partial charge in [-0.15, -0.1) is 11.8 Å². The Kier molecular flexibility index (Phi) is 3.66. The van der Waals surface area contributed by atoms with Gasteiger partial charge in [-0.2, -0.15) is 13.2 Å². The first kappa shape index (κ1) is 13.0. The maximum absolute atomic E-state index is 12.9. The highest BCUT2D eigenvalue weighted by Crippen LogP contribution is 2.37. The van der Waals surface area contributed by atoms with Gasteiger partial charge in [0.15, 0.2) is 0 Å². The molecule has 0 nitrogen and oxygen atoms in total. The number of hydrogen-bond donors (Lipinski definition) is 0. The van der Waals surface area contributed by atoms with Gasteiger partial charge in [0.25, 0.3) is 0 Å². The molecule has 93 valence electrons. The van der Waals surface area contributed by atoms with Gasteiger partial charge in [0.1, 0.15) is 0 Å². The number of benzene rings is 2. The highest BCUT2D eigenvalue weighted by molar-refractivity contribution is 7.98. The first-order chi connectivity index (χ1) is 8.52. The molecule has 0 spiro atoms. The van der Waals surface area contributed by atoms with Gasteiger partial charge in [-0.05, 0) is 41.6 Å². The number of thioether (sulfide) groups is 1. The van der Waals surface area contributed by atoms with E-state index in [1.54, 1.807) is 18.2 Å². The molecule has 2 rings (SSSR count). The molecule has 0 unspecified atom stereocenters. The van der Waals surface area contributed by atoms with Crippen molar-refractivity contribution in [2.24, 2.45) is 0 Å². The van der Waals surface area contributed by atoms with E-state index in [0.29, 0.717) is 5.56 Å². The fraction of sp³-hybridized carbons (Fsp3) is 0.143. The van der Waals surface area contributed by atoms with Gasteiger partial charge < -0.3 is 0 Å². The largest absolute Gasteiger partial charge is 0.417 e. The minimum Gasteiger partial charge on any atom is -0.166 e. The average Bonchev–Trinajstić information content (AvgIpc) is 2.38. The number of alkyl halides is 3. The molecule has 0 aliphatic rings. The van der Waals surface area contributed by atoms with Crippen molar-refractivity contribution >= 4 is 11.8 Å². The van der Waals surface area contributed by atoms with Crippen LogP contribution < -0.4 is 0 Å². The fourth-order valence-electron chi connectivity index (χ4n) is 1.71. The van der Waals surface area contributed by atoms with E-state index < -0.39 is 11.7 Å². The molecule has 0 saturated carbocycles. The van der Waals surface area contributed by atoms with Crippen LogP contribution in [0.5, 0.6) is 0 Å². The number of hydrogen-bond acceptors (Lipinski definition) is 1. The molecule has 0 heterocycles. The lowest BCUT2D eigenvalue weighted by Gasteiger charge is -2.13. The Balaban J connectivity index is 2.57. The van der Waals surface area contributed by atoms with Crippen LogP contribution >= 0.6 is 11.8 Å². The average molecular weight is 267 g/mol. The summed E-state index contributed by atoms with van der Waals surface area (Å²) < 4.78 is 38.7. The summed E-state index contributed by atoms with van der Waals surface area (Å²) in [6.07, 6.45) is -2.47. The second-order valence-corrected chi connectivity index (χ2v) is 4.58. The van der Waals surface area contributed by atoms with Crippen LogP contribution in [0.1, 0.15) is 5.56 Å². The lowest BCUT2D eigenvalue weighted by atomic mass is 9.99. The summed E-state index contributed by atoms with van der Waals surface area (Å²) in [6, 6.07) is 13.5. The van der Waals surface area contributed by atoms with Crippen molar-refractivity contribution in [3.05, 3.63) is 54.1 Å². The summed E-state index contributed by atoms with van der Waals surface area (Å²) in [4.78, 5) is 0.938. The van der Waals surface area contributed by atoms with Crippen molar-refractivity contribution in [3.8, 4) is 11.1 Å². The summed E-state index contributed by atoms with van der Waals surface area (Å²) in [5.74, 6) is 0. The van der Waals surface area contributed by atoms with Crippen molar-refractivity contribution in [1.82, 2.24) is 0 Å². The van der Waals surface area contributed by atoms with Crippen LogP contribution in [0.4, 0.5) is 13.2 Å². The third-order valence-corrected chi connectivity index (χ3v) is 3.28. The Labute approximate surface area is 108 Å². The van der Waals surface area contributed by atoms with Gasteiger partial charge in [-0.1, -0.05) is 24.3 Å². The minimum atomic E-state index is -4.36. The van der Waals surface area contributed by atoms with E-state index in [1.165, 1.54) is 23.9 Å². The number of halogens is 3. The molecule has 2 aromatic rings. The van der Waals surface area contributed by atoms with Gasteiger partial charge in [-0.3, -0.25) is 0 Å². The Hall–Kier alpha value is -1.42. The third-order valence-electron chi connectivity index (χ3n) is 2.55. The topological polar surface area (TPSA) is 0 Å². The quantitative estimate of drug-likeness (QED) is 0.698. The molecule has 0 bridgehead atoms. The normalized spacial score (nSPS) is 11.6. The molecule has 0 saturated heterocycles. The highest BCUT2D eigenvalue weighted by atomic mass is 32.2. The van der Waals surface area contributed by atoms with Gasteiger partial charge in [0, 0.05) is 4.90 Å². The second kappa shape index (κ2) is 5.06. The monoisotopic (exact) mass is 267 g/mol. The molecule has 0 amide bonds. The molecule has 1 radical (unpaired) electrons. The maximum atomic E-state index is 12.9. The van der Waals surface area contributed by atoms with Crippen molar-refractivity contribution in [2.45, 2.75) is 11.1 Å². The van der Waals surface area contributed by atoms with Crippen molar-refractivity contribution in [3.63, 3.8) is 0 Å². The molecule has 0 aliphatic carbocycles. The predicted molar refractivity (Wildman–Crippen MR) is 67.5 cm³/mol. The zero-order chi connectivity index (χ0) is 13.2. The predicted octanol–water partition coefficient (Wildman–Crippen LogP) is 4.89. The summed E-state index contributed by atoms with van der Waals surface area (Å²) in [5.41, 5.74) is 0.114. The van der Waals surface area contributed by atoms with Crippen LogP contribution in [0, 0.1) is 6.07 Å². The van der Waals surface area contributed by atoms with Crippen molar-refractivity contribution in [1.29, 1.82) is 0 Å². The van der Waals surface area contributed by atoms with E-state index in [0.717, 1.165) is 11.0 Å². The van der Waals surface area contributed by atoms with E-state index in [-0.39, 0.29) is 5.56 Å². The first-order valence-electron chi connectivity index (χ1n) is 5.24. The fourth-order valence-corrected chi connectivity index (χ4v) is 2.17. The van der Waals surface area contributed by atoms with E-state index in [2.05, 4.69) is 6.07 Å². The summed E-state index contributed by atoms with van der Waals surface area (Å²) in [5, 5.41) is 0. The molecular weight excluding hydrogens is 257 g/mol. The summed E-state index contributed by atoms with van der Waals surface area (Å²) in [6.45, 7) is 0. The first-order valence-corrected chi connectivity index (χ1v) is 6.46. The molecular formula is C14H10F3S. The van der Waals surface area contributed by atoms with Crippen molar-refractivity contribution in [2.75, 3.05) is 6.26 Å². The zero-order valence-electron chi connectivity index (χ0n) is 9.58. The van der Waals surface area contributed by atoms with Gasteiger partial charge in [0.2, 0.25) is 0 Å².